The van der Waals surface area contributed by atoms with Gasteiger partial charge in [0.25, 0.3) is 0 Å². The van der Waals surface area contributed by atoms with Crippen molar-refractivity contribution in [2.45, 2.75) is 26.5 Å². The van der Waals surface area contributed by atoms with Crippen LogP contribution in [0.3, 0.4) is 0 Å². The summed E-state index contributed by atoms with van der Waals surface area (Å²) in [5.41, 5.74) is 0.335. The van der Waals surface area contributed by atoms with E-state index in [1.54, 1.807) is 38.1 Å². The number of halogens is 1. The first-order valence-corrected chi connectivity index (χ1v) is 8.56. The van der Waals surface area contributed by atoms with Crippen molar-refractivity contribution in [1.29, 1.82) is 0 Å². The van der Waals surface area contributed by atoms with Gasteiger partial charge in [0.1, 0.15) is 6.61 Å². The minimum atomic E-state index is -1.21. The number of alkyl carbamates (subject to hydrolysis) is 1. The molecular formula is C19H20BrNO4. The first kappa shape index (κ1) is 19.0. The Morgan fingerprint density at radius 1 is 1.12 bits per heavy atom. The maximum Gasteiger partial charge on any atom is 0.407 e. The Kier molecular flexibility index (Phi) is 6.20. The van der Waals surface area contributed by atoms with Gasteiger partial charge in [0.05, 0.1) is 11.5 Å². The van der Waals surface area contributed by atoms with Crippen molar-refractivity contribution < 1.29 is 19.4 Å². The first-order valence-electron chi connectivity index (χ1n) is 7.77. The van der Waals surface area contributed by atoms with E-state index in [0.29, 0.717) is 5.56 Å². The Morgan fingerprint density at radius 3 is 2.28 bits per heavy atom. The molecule has 0 aromatic heterocycles. The summed E-state index contributed by atoms with van der Waals surface area (Å²) in [4.78, 5) is 23.9. The van der Waals surface area contributed by atoms with E-state index >= 15 is 0 Å². The molecule has 0 radical (unpaired) electrons. The predicted octanol–water partition coefficient (Wildman–Crippen LogP) is 4.53. The lowest BCUT2D eigenvalue weighted by molar-refractivity contribution is -0.148. The predicted molar refractivity (Wildman–Crippen MR) is 98.1 cm³/mol. The molecule has 0 heterocycles. The normalized spacial score (nSPS) is 12.3. The van der Waals surface area contributed by atoms with Gasteiger partial charge in [0, 0.05) is 4.47 Å². The van der Waals surface area contributed by atoms with Crippen LogP contribution in [0.15, 0.2) is 59.1 Å². The quantitative estimate of drug-likeness (QED) is 0.739. The molecule has 2 aromatic rings. The number of hydrogen-bond donors (Lipinski definition) is 2. The number of rotatable bonds is 6. The van der Waals surface area contributed by atoms with Crippen molar-refractivity contribution >= 4 is 28.0 Å². The van der Waals surface area contributed by atoms with Gasteiger partial charge in [-0.2, -0.15) is 0 Å². The zero-order valence-corrected chi connectivity index (χ0v) is 15.6. The minimum Gasteiger partial charge on any atom is -0.481 e. The van der Waals surface area contributed by atoms with Crippen LogP contribution in [0, 0.1) is 5.41 Å². The molecule has 6 heteroatoms. The van der Waals surface area contributed by atoms with Gasteiger partial charge in [-0.3, -0.25) is 4.79 Å². The van der Waals surface area contributed by atoms with Crippen LogP contribution in [-0.4, -0.2) is 17.2 Å². The van der Waals surface area contributed by atoms with Crippen LogP contribution >= 0.6 is 15.9 Å². The van der Waals surface area contributed by atoms with Gasteiger partial charge in [-0.1, -0.05) is 58.4 Å². The summed E-state index contributed by atoms with van der Waals surface area (Å²) in [6.45, 7) is 3.26. The lowest BCUT2D eigenvalue weighted by Crippen LogP contribution is -2.42. The number of carboxylic acids is 1. The Hall–Kier alpha value is -2.34. The molecule has 0 aliphatic rings. The minimum absolute atomic E-state index is 0.118. The molecule has 0 saturated heterocycles. The van der Waals surface area contributed by atoms with Crippen molar-refractivity contribution in [3.05, 3.63) is 70.2 Å². The van der Waals surface area contributed by atoms with E-state index in [9.17, 15) is 14.7 Å². The third-order valence-electron chi connectivity index (χ3n) is 3.95. The standard InChI is InChI=1S/C19H20BrNO4/c1-19(2,17(22)23)16(14-8-10-15(20)11-9-14)21-18(24)25-12-13-6-4-3-5-7-13/h3-11,16H,12H2,1-2H3,(H,21,24)(H,22,23). The molecule has 0 bridgehead atoms. The van der Waals surface area contributed by atoms with E-state index in [1.807, 2.05) is 30.3 Å². The Bertz CT molecular complexity index is 729. The molecule has 0 saturated carbocycles. The van der Waals surface area contributed by atoms with E-state index in [2.05, 4.69) is 21.2 Å². The largest absolute Gasteiger partial charge is 0.481 e. The summed E-state index contributed by atoms with van der Waals surface area (Å²) in [6.07, 6.45) is -0.661. The third kappa shape index (κ3) is 5.06. The molecule has 25 heavy (non-hydrogen) atoms. The fourth-order valence-electron chi connectivity index (χ4n) is 2.34. The molecule has 2 N–H and O–H groups in total. The molecule has 1 atom stereocenters. The second-order valence-electron chi connectivity index (χ2n) is 6.22. The van der Waals surface area contributed by atoms with Crippen molar-refractivity contribution in [1.82, 2.24) is 5.32 Å². The maximum absolute atomic E-state index is 12.2. The van der Waals surface area contributed by atoms with Crippen molar-refractivity contribution in [3.63, 3.8) is 0 Å². The molecule has 0 spiro atoms. The van der Waals surface area contributed by atoms with Crippen LogP contribution in [0.1, 0.15) is 31.0 Å². The van der Waals surface area contributed by atoms with E-state index < -0.39 is 23.5 Å². The number of benzene rings is 2. The average molecular weight is 406 g/mol. The first-order chi connectivity index (χ1) is 11.8. The van der Waals surface area contributed by atoms with E-state index in [0.717, 1.165) is 10.0 Å². The third-order valence-corrected chi connectivity index (χ3v) is 4.48. The number of aliphatic carboxylic acids is 1. The van der Waals surface area contributed by atoms with E-state index in [4.69, 9.17) is 4.74 Å². The monoisotopic (exact) mass is 405 g/mol. The second-order valence-corrected chi connectivity index (χ2v) is 7.13. The highest BCUT2D eigenvalue weighted by Gasteiger charge is 2.39. The summed E-state index contributed by atoms with van der Waals surface area (Å²) in [6, 6.07) is 15.7. The maximum atomic E-state index is 12.2. The summed E-state index contributed by atoms with van der Waals surface area (Å²) < 4.78 is 6.10. The second kappa shape index (κ2) is 8.16. The average Bonchev–Trinajstić information content (AvgIpc) is 2.59. The number of carbonyl (C=O) groups excluding carboxylic acids is 1. The number of carbonyl (C=O) groups is 2. The molecule has 1 amide bonds. The lowest BCUT2D eigenvalue weighted by Gasteiger charge is -2.31. The SMILES string of the molecule is CC(C)(C(=O)O)C(NC(=O)OCc1ccccc1)c1ccc(Br)cc1. The molecule has 1 unspecified atom stereocenters. The van der Waals surface area contributed by atoms with E-state index in [-0.39, 0.29) is 6.61 Å². The molecular weight excluding hydrogens is 386 g/mol. The van der Waals surface area contributed by atoms with Crippen LogP contribution in [0.2, 0.25) is 0 Å². The van der Waals surface area contributed by atoms with Gasteiger partial charge in [0.2, 0.25) is 0 Å². The van der Waals surface area contributed by atoms with Gasteiger partial charge in [0.15, 0.2) is 0 Å². The zero-order valence-electron chi connectivity index (χ0n) is 14.0. The van der Waals surface area contributed by atoms with Crippen LogP contribution in [0.4, 0.5) is 4.79 Å². The van der Waals surface area contributed by atoms with Gasteiger partial charge < -0.3 is 15.2 Å². The fraction of sp³-hybridized carbons (Fsp3) is 0.263. The molecule has 0 fully saturated rings. The molecule has 2 aromatic carbocycles. The van der Waals surface area contributed by atoms with Gasteiger partial charge in [-0.25, -0.2) is 4.79 Å². The summed E-state index contributed by atoms with van der Waals surface area (Å²) >= 11 is 3.35. The van der Waals surface area contributed by atoms with Crippen molar-refractivity contribution in [2.24, 2.45) is 5.41 Å². The summed E-state index contributed by atoms with van der Waals surface area (Å²) in [5, 5.41) is 12.2. The Labute approximate surface area is 155 Å². The Balaban J connectivity index is 2.14. The highest BCUT2D eigenvalue weighted by molar-refractivity contribution is 9.10. The van der Waals surface area contributed by atoms with Crippen LogP contribution in [0.5, 0.6) is 0 Å². The van der Waals surface area contributed by atoms with Gasteiger partial charge in [-0.05, 0) is 37.1 Å². The lowest BCUT2D eigenvalue weighted by atomic mass is 9.80. The van der Waals surface area contributed by atoms with Crippen LogP contribution < -0.4 is 5.32 Å². The summed E-state index contributed by atoms with van der Waals surface area (Å²) in [5.74, 6) is -1.01. The van der Waals surface area contributed by atoms with Crippen molar-refractivity contribution in [2.75, 3.05) is 0 Å². The zero-order chi connectivity index (χ0) is 18.4. The Morgan fingerprint density at radius 2 is 1.72 bits per heavy atom. The summed E-state index contributed by atoms with van der Waals surface area (Å²) in [7, 11) is 0. The van der Waals surface area contributed by atoms with Gasteiger partial charge in [-0.15, -0.1) is 0 Å². The molecule has 0 aliphatic carbocycles. The highest BCUT2D eigenvalue weighted by Crippen LogP contribution is 2.34. The topological polar surface area (TPSA) is 75.6 Å². The van der Waals surface area contributed by atoms with Crippen molar-refractivity contribution in [3.8, 4) is 0 Å². The van der Waals surface area contributed by atoms with Gasteiger partial charge >= 0.3 is 12.1 Å². The van der Waals surface area contributed by atoms with E-state index in [1.165, 1.54) is 0 Å². The molecule has 5 nitrogen and oxygen atoms in total. The number of nitrogens with one attached hydrogen (secondary N) is 1. The molecule has 0 aliphatic heterocycles. The number of amides is 1. The number of hydrogen-bond acceptors (Lipinski definition) is 3. The smallest absolute Gasteiger partial charge is 0.407 e. The number of ether oxygens (including phenoxy) is 1. The highest BCUT2D eigenvalue weighted by atomic mass is 79.9. The number of carboxylic acid groups (broad SMARTS) is 1. The fourth-order valence-corrected chi connectivity index (χ4v) is 2.61. The van der Waals surface area contributed by atoms with Crippen LogP contribution in [0.25, 0.3) is 0 Å². The molecule has 132 valence electrons. The molecule has 2 rings (SSSR count). The van der Waals surface area contributed by atoms with Crippen LogP contribution in [-0.2, 0) is 16.1 Å².